The third-order valence-corrected chi connectivity index (χ3v) is 5.22. The molecule has 9 heteroatoms. The SMILES string of the molecule is CCNC(=NCCn1ccnc1)N1CCN(Cc2ccc(Br)c(F)c2)CC1.I. The zero-order valence-corrected chi connectivity index (χ0v) is 19.9. The molecule has 1 aliphatic heterocycles. The smallest absolute Gasteiger partial charge is 0.194 e. The molecule has 0 radical (unpaired) electrons. The van der Waals surface area contributed by atoms with Crippen molar-refractivity contribution in [3.63, 3.8) is 0 Å². The zero-order chi connectivity index (χ0) is 19.1. The van der Waals surface area contributed by atoms with Gasteiger partial charge in [0.05, 0.1) is 17.3 Å². The Balaban J connectivity index is 0.00000280. The van der Waals surface area contributed by atoms with E-state index in [9.17, 15) is 4.39 Å². The quantitative estimate of drug-likeness (QED) is 0.333. The molecule has 1 aromatic carbocycles. The first kappa shape index (κ1) is 23.1. The van der Waals surface area contributed by atoms with Crippen molar-refractivity contribution in [2.45, 2.75) is 20.0 Å². The Morgan fingerprint density at radius 3 is 2.71 bits per heavy atom. The van der Waals surface area contributed by atoms with Gasteiger partial charge in [-0.3, -0.25) is 9.89 Å². The lowest BCUT2D eigenvalue weighted by Gasteiger charge is -2.36. The number of nitrogens with zero attached hydrogens (tertiary/aromatic N) is 5. The molecule has 1 fully saturated rings. The highest BCUT2D eigenvalue weighted by atomic mass is 127. The lowest BCUT2D eigenvalue weighted by atomic mass is 10.2. The van der Waals surface area contributed by atoms with Crippen LogP contribution in [0.4, 0.5) is 4.39 Å². The van der Waals surface area contributed by atoms with Gasteiger partial charge >= 0.3 is 0 Å². The molecule has 1 saturated heterocycles. The van der Waals surface area contributed by atoms with E-state index in [0.29, 0.717) is 4.47 Å². The maximum absolute atomic E-state index is 13.7. The number of piperazine rings is 1. The molecule has 0 bridgehead atoms. The summed E-state index contributed by atoms with van der Waals surface area (Å²) < 4.78 is 16.2. The van der Waals surface area contributed by atoms with E-state index in [0.717, 1.165) is 63.9 Å². The topological polar surface area (TPSA) is 48.7 Å². The molecule has 154 valence electrons. The number of benzene rings is 1. The van der Waals surface area contributed by atoms with Crippen LogP contribution < -0.4 is 5.32 Å². The van der Waals surface area contributed by atoms with Crippen LogP contribution in [0.15, 0.2) is 46.4 Å². The van der Waals surface area contributed by atoms with Crippen molar-refractivity contribution in [3.8, 4) is 0 Å². The molecule has 28 heavy (non-hydrogen) atoms. The third kappa shape index (κ3) is 6.70. The van der Waals surface area contributed by atoms with Crippen molar-refractivity contribution in [2.75, 3.05) is 39.3 Å². The van der Waals surface area contributed by atoms with Crippen LogP contribution >= 0.6 is 39.9 Å². The molecule has 2 aromatic rings. The van der Waals surface area contributed by atoms with Gasteiger partial charge in [-0.25, -0.2) is 9.37 Å². The molecule has 1 aliphatic rings. The van der Waals surface area contributed by atoms with Gasteiger partial charge in [-0.2, -0.15) is 0 Å². The maximum atomic E-state index is 13.7. The fraction of sp³-hybridized carbons (Fsp3) is 0.474. The number of guanidine groups is 1. The second-order valence-electron chi connectivity index (χ2n) is 6.55. The average molecular weight is 565 g/mol. The fourth-order valence-corrected chi connectivity index (χ4v) is 3.38. The summed E-state index contributed by atoms with van der Waals surface area (Å²) in [6.45, 7) is 8.94. The molecule has 0 saturated carbocycles. The van der Waals surface area contributed by atoms with Gasteiger partial charge in [0.15, 0.2) is 5.96 Å². The van der Waals surface area contributed by atoms with E-state index in [1.54, 1.807) is 18.3 Å². The van der Waals surface area contributed by atoms with Crippen LogP contribution in [0.3, 0.4) is 0 Å². The molecule has 1 N–H and O–H groups in total. The van der Waals surface area contributed by atoms with Crippen molar-refractivity contribution >= 4 is 45.9 Å². The van der Waals surface area contributed by atoms with E-state index < -0.39 is 0 Å². The van der Waals surface area contributed by atoms with Crippen LogP contribution in [0.1, 0.15) is 12.5 Å². The number of rotatable bonds is 6. The Morgan fingerprint density at radius 1 is 1.29 bits per heavy atom. The minimum atomic E-state index is -0.203. The molecule has 0 amide bonds. The van der Waals surface area contributed by atoms with Crippen LogP contribution in [-0.2, 0) is 13.1 Å². The van der Waals surface area contributed by atoms with Gasteiger partial charge < -0.3 is 14.8 Å². The van der Waals surface area contributed by atoms with Gasteiger partial charge in [-0.15, -0.1) is 24.0 Å². The summed E-state index contributed by atoms with van der Waals surface area (Å²) in [6.07, 6.45) is 5.55. The highest BCUT2D eigenvalue weighted by molar-refractivity contribution is 14.0. The number of nitrogens with one attached hydrogen (secondary N) is 1. The van der Waals surface area contributed by atoms with Gasteiger partial charge in [-0.1, -0.05) is 6.07 Å². The largest absolute Gasteiger partial charge is 0.357 e. The summed E-state index contributed by atoms with van der Waals surface area (Å²) in [7, 11) is 0. The standard InChI is InChI=1S/C19H26BrFN6.HI/c1-2-23-19(24-6-8-26-7-5-22-15-26)27-11-9-25(10-12-27)14-16-3-4-17(20)18(21)13-16;/h3-5,7,13,15H,2,6,8-12,14H2,1H3,(H,23,24);1H. The summed E-state index contributed by atoms with van der Waals surface area (Å²) in [5.41, 5.74) is 1.00. The summed E-state index contributed by atoms with van der Waals surface area (Å²) in [5.74, 6) is 0.762. The number of halogens is 3. The summed E-state index contributed by atoms with van der Waals surface area (Å²) in [6, 6.07) is 5.36. The molecule has 0 unspecified atom stereocenters. The number of aliphatic imine (C=N–C) groups is 1. The number of hydrogen-bond acceptors (Lipinski definition) is 3. The van der Waals surface area contributed by atoms with Gasteiger partial charge in [0.25, 0.3) is 0 Å². The van der Waals surface area contributed by atoms with Gasteiger partial charge in [0, 0.05) is 58.2 Å². The van der Waals surface area contributed by atoms with E-state index in [2.05, 4.69) is 43.0 Å². The Hall–Kier alpha value is -1.20. The molecule has 1 aromatic heterocycles. The Kier molecular flexibility index (Phi) is 9.66. The number of aromatic nitrogens is 2. The molecule has 0 atom stereocenters. The van der Waals surface area contributed by atoms with Gasteiger partial charge in [0.1, 0.15) is 5.82 Å². The van der Waals surface area contributed by atoms with Crippen molar-refractivity contribution in [1.29, 1.82) is 0 Å². The highest BCUT2D eigenvalue weighted by Gasteiger charge is 2.19. The maximum Gasteiger partial charge on any atom is 0.194 e. The van der Waals surface area contributed by atoms with E-state index >= 15 is 0 Å². The number of hydrogen-bond donors (Lipinski definition) is 1. The third-order valence-electron chi connectivity index (χ3n) is 4.58. The van der Waals surface area contributed by atoms with Gasteiger partial charge in [0.2, 0.25) is 0 Å². The Morgan fingerprint density at radius 2 is 2.07 bits per heavy atom. The van der Waals surface area contributed by atoms with E-state index in [-0.39, 0.29) is 29.8 Å². The lowest BCUT2D eigenvalue weighted by molar-refractivity contribution is 0.172. The minimum absolute atomic E-state index is 0. The zero-order valence-electron chi connectivity index (χ0n) is 16.0. The normalized spacial score (nSPS) is 15.4. The Labute approximate surface area is 191 Å². The lowest BCUT2D eigenvalue weighted by Crippen LogP contribution is -2.52. The molecular weight excluding hydrogens is 538 g/mol. The Bertz CT molecular complexity index is 747. The van der Waals surface area contributed by atoms with Crippen LogP contribution in [0.25, 0.3) is 0 Å². The van der Waals surface area contributed by atoms with Crippen LogP contribution in [-0.4, -0.2) is 64.6 Å². The summed E-state index contributed by atoms with van der Waals surface area (Å²) >= 11 is 3.21. The van der Waals surface area contributed by atoms with Crippen molar-refractivity contribution in [3.05, 3.63) is 52.8 Å². The van der Waals surface area contributed by atoms with Crippen LogP contribution in [0, 0.1) is 5.82 Å². The molecule has 2 heterocycles. The van der Waals surface area contributed by atoms with Crippen molar-refractivity contribution < 1.29 is 4.39 Å². The van der Waals surface area contributed by atoms with E-state index in [1.807, 2.05) is 23.2 Å². The minimum Gasteiger partial charge on any atom is -0.357 e. The van der Waals surface area contributed by atoms with E-state index in [1.165, 1.54) is 0 Å². The first-order valence-corrected chi connectivity index (χ1v) is 10.1. The number of imidazole rings is 1. The average Bonchev–Trinajstić information content (AvgIpc) is 3.18. The van der Waals surface area contributed by atoms with Crippen LogP contribution in [0.5, 0.6) is 0 Å². The highest BCUT2D eigenvalue weighted by Crippen LogP contribution is 2.18. The predicted octanol–water partition coefficient (Wildman–Crippen LogP) is 3.19. The second kappa shape index (κ2) is 11.7. The monoisotopic (exact) mass is 564 g/mol. The van der Waals surface area contributed by atoms with Crippen molar-refractivity contribution in [2.24, 2.45) is 4.99 Å². The molecule has 3 rings (SSSR count). The van der Waals surface area contributed by atoms with E-state index in [4.69, 9.17) is 4.99 Å². The summed E-state index contributed by atoms with van der Waals surface area (Å²) in [5, 5.41) is 3.39. The molecular formula is C19H27BrFIN6. The first-order chi connectivity index (χ1) is 13.2. The molecule has 0 aliphatic carbocycles. The first-order valence-electron chi connectivity index (χ1n) is 9.31. The van der Waals surface area contributed by atoms with Crippen LogP contribution in [0.2, 0.25) is 0 Å². The van der Waals surface area contributed by atoms with Gasteiger partial charge in [-0.05, 0) is 40.5 Å². The molecule has 0 spiro atoms. The summed E-state index contributed by atoms with van der Waals surface area (Å²) in [4.78, 5) is 13.5. The fourth-order valence-electron chi connectivity index (χ4n) is 3.13. The second-order valence-corrected chi connectivity index (χ2v) is 7.40. The molecule has 6 nitrogen and oxygen atoms in total. The van der Waals surface area contributed by atoms with Crippen molar-refractivity contribution in [1.82, 2.24) is 24.7 Å². The predicted molar refractivity (Wildman–Crippen MR) is 125 cm³/mol.